The zero-order valence-corrected chi connectivity index (χ0v) is 9.61. The second-order valence-electron chi connectivity index (χ2n) is 4.84. The van der Waals surface area contributed by atoms with Gasteiger partial charge in [0, 0.05) is 0 Å². The zero-order valence-electron chi connectivity index (χ0n) is 9.61. The van der Waals surface area contributed by atoms with Crippen molar-refractivity contribution >= 4 is 0 Å². The van der Waals surface area contributed by atoms with Crippen LogP contribution in [-0.4, -0.2) is 0 Å². The maximum atomic E-state index is 2.32. The van der Waals surface area contributed by atoms with E-state index in [1.54, 1.807) is 0 Å². The van der Waals surface area contributed by atoms with Crippen LogP contribution in [0.25, 0.3) is 0 Å². The summed E-state index contributed by atoms with van der Waals surface area (Å²) in [7, 11) is 0. The standard InChI is InChI=1S/C8H16.C4H10/c1-3-5-8(4-2)6-7-8;1-4(2)3/h3-7H2,1-2H3;4H,1-3H3. The molecule has 0 atom stereocenters. The lowest BCUT2D eigenvalue weighted by atomic mass is 9.98. The second-order valence-corrected chi connectivity index (χ2v) is 4.84. The summed E-state index contributed by atoms with van der Waals surface area (Å²) < 4.78 is 0. The van der Waals surface area contributed by atoms with Gasteiger partial charge in [-0.25, -0.2) is 0 Å². The minimum absolute atomic E-state index is 0.833. The Kier molecular flexibility index (Phi) is 5.61. The third kappa shape index (κ3) is 5.62. The molecule has 0 spiro atoms. The Balaban J connectivity index is 0.000000261. The van der Waals surface area contributed by atoms with Gasteiger partial charge in [-0.3, -0.25) is 0 Å². The molecule has 0 aliphatic heterocycles. The predicted molar refractivity (Wildman–Crippen MR) is 57.4 cm³/mol. The molecule has 0 aromatic heterocycles. The van der Waals surface area contributed by atoms with E-state index in [0.29, 0.717) is 0 Å². The van der Waals surface area contributed by atoms with Crippen LogP contribution in [0.3, 0.4) is 0 Å². The topological polar surface area (TPSA) is 0 Å². The largest absolute Gasteiger partial charge is 0.0654 e. The normalized spacial score (nSPS) is 18.5. The van der Waals surface area contributed by atoms with Crippen LogP contribution in [-0.2, 0) is 0 Å². The van der Waals surface area contributed by atoms with Gasteiger partial charge in [-0.15, -0.1) is 0 Å². The molecule has 1 rings (SSSR count). The first kappa shape index (κ1) is 12.0. The summed E-state index contributed by atoms with van der Waals surface area (Å²) in [6.45, 7) is 11.1. The van der Waals surface area contributed by atoms with Gasteiger partial charge in [-0.2, -0.15) is 0 Å². The van der Waals surface area contributed by atoms with Crippen molar-refractivity contribution in [2.24, 2.45) is 11.3 Å². The molecule has 1 aliphatic carbocycles. The molecule has 1 saturated carbocycles. The summed E-state index contributed by atoms with van der Waals surface area (Å²) >= 11 is 0. The first-order valence-corrected chi connectivity index (χ1v) is 5.56. The van der Waals surface area contributed by atoms with Crippen molar-refractivity contribution in [2.45, 2.75) is 66.7 Å². The van der Waals surface area contributed by atoms with E-state index < -0.39 is 0 Å². The van der Waals surface area contributed by atoms with Gasteiger partial charge in [0.1, 0.15) is 0 Å². The summed E-state index contributed by atoms with van der Waals surface area (Å²) in [4.78, 5) is 0. The molecule has 12 heavy (non-hydrogen) atoms. The van der Waals surface area contributed by atoms with Crippen molar-refractivity contribution in [1.82, 2.24) is 0 Å². The van der Waals surface area contributed by atoms with Crippen molar-refractivity contribution in [3.8, 4) is 0 Å². The third-order valence-corrected chi connectivity index (χ3v) is 2.49. The maximum absolute atomic E-state index is 2.32. The Morgan fingerprint density at radius 2 is 1.50 bits per heavy atom. The quantitative estimate of drug-likeness (QED) is 0.579. The van der Waals surface area contributed by atoms with Gasteiger partial charge in [0.15, 0.2) is 0 Å². The molecule has 0 nitrogen and oxygen atoms in total. The fourth-order valence-electron chi connectivity index (χ4n) is 1.49. The van der Waals surface area contributed by atoms with Gasteiger partial charge in [0.2, 0.25) is 0 Å². The smallest absolute Gasteiger partial charge is 0.0300 e. The van der Waals surface area contributed by atoms with E-state index in [1.807, 2.05) is 0 Å². The van der Waals surface area contributed by atoms with E-state index in [2.05, 4.69) is 34.6 Å². The van der Waals surface area contributed by atoms with Gasteiger partial charge < -0.3 is 0 Å². The molecule has 0 N–H and O–H groups in total. The van der Waals surface area contributed by atoms with E-state index in [0.717, 1.165) is 11.3 Å². The number of hydrogen-bond donors (Lipinski definition) is 0. The molecule has 0 unspecified atom stereocenters. The van der Waals surface area contributed by atoms with Crippen molar-refractivity contribution in [3.05, 3.63) is 0 Å². The highest BCUT2D eigenvalue weighted by molar-refractivity contribution is 4.90. The van der Waals surface area contributed by atoms with Crippen LogP contribution < -0.4 is 0 Å². The second kappa shape index (κ2) is 5.61. The Morgan fingerprint density at radius 3 is 1.58 bits per heavy atom. The average molecular weight is 170 g/mol. The summed E-state index contributed by atoms with van der Waals surface area (Å²) in [5.74, 6) is 0.833. The lowest BCUT2D eigenvalue weighted by molar-refractivity contribution is 0.444. The Bertz CT molecular complexity index is 95.9. The van der Waals surface area contributed by atoms with Gasteiger partial charge in [-0.1, -0.05) is 47.5 Å². The zero-order chi connectivity index (χ0) is 9.61. The van der Waals surface area contributed by atoms with Gasteiger partial charge in [0.05, 0.1) is 0 Å². The predicted octanol–water partition coefficient (Wildman–Crippen LogP) is 4.64. The number of rotatable bonds is 3. The van der Waals surface area contributed by atoms with Crippen LogP contribution >= 0.6 is 0 Å². The van der Waals surface area contributed by atoms with E-state index in [4.69, 9.17) is 0 Å². The molecular weight excluding hydrogens is 144 g/mol. The minimum atomic E-state index is 0.833. The Labute approximate surface area is 78.8 Å². The van der Waals surface area contributed by atoms with Crippen LogP contribution in [0, 0.1) is 11.3 Å². The molecule has 0 heterocycles. The fraction of sp³-hybridized carbons (Fsp3) is 1.00. The summed E-state index contributed by atoms with van der Waals surface area (Å²) in [6, 6.07) is 0. The molecule has 0 saturated heterocycles. The fourth-order valence-corrected chi connectivity index (χ4v) is 1.49. The first-order chi connectivity index (χ1) is 5.56. The highest BCUT2D eigenvalue weighted by atomic mass is 14.4. The van der Waals surface area contributed by atoms with Gasteiger partial charge >= 0.3 is 0 Å². The summed E-state index contributed by atoms with van der Waals surface area (Å²) in [6.07, 6.45) is 7.30. The molecule has 0 amide bonds. The SMILES string of the molecule is CC(C)C.CCCC1(CC)CC1. The van der Waals surface area contributed by atoms with Gasteiger partial charge in [0.25, 0.3) is 0 Å². The molecule has 1 fully saturated rings. The molecule has 0 radical (unpaired) electrons. The molecule has 0 aromatic rings. The summed E-state index contributed by atoms with van der Waals surface area (Å²) in [5, 5.41) is 0. The first-order valence-electron chi connectivity index (χ1n) is 5.56. The lowest BCUT2D eigenvalue weighted by Gasteiger charge is -2.07. The van der Waals surface area contributed by atoms with Crippen LogP contribution in [0.2, 0.25) is 0 Å². The van der Waals surface area contributed by atoms with Crippen LogP contribution in [0.5, 0.6) is 0 Å². The van der Waals surface area contributed by atoms with Crippen LogP contribution in [0.1, 0.15) is 66.7 Å². The summed E-state index contributed by atoms with van der Waals surface area (Å²) in [5.41, 5.74) is 0.842. The lowest BCUT2D eigenvalue weighted by Crippen LogP contribution is -1.95. The van der Waals surface area contributed by atoms with E-state index in [1.165, 1.54) is 32.1 Å². The van der Waals surface area contributed by atoms with Crippen LogP contribution in [0.4, 0.5) is 0 Å². The Morgan fingerprint density at radius 1 is 1.08 bits per heavy atom. The van der Waals surface area contributed by atoms with E-state index in [-0.39, 0.29) is 0 Å². The van der Waals surface area contributed by atoms with Crippen molar-refractivity contribution in [2.75, 3.05) is 0 Å². The van der Waals surface area contributed by atoms with E-state index in [9.17, 15) is 0 Å². The number of hydrogen-bond acceptors (Lipinski definition) is 0. The van der Waals surface area contributed by atoms with Crippen molar-refractivity contribution < 1.29 is 0 Å². The molecule has 0 aromatic carbocycles. The Hall–Kier alpha value is 0. The highest BCUT2D eigenvalue weighted by Gasteiger charge is 2.38. The van der Waals surface area contributed by atoms with Crippen molar-refractivity contribution in [1.29, 1.82) is 0 Å². The molecule has 1 aliphatic rings. The van der Waals surface area contributed by atoms with Gasteiger partial charge in [-0.05, 0) is 30.6 Å². The molecule has 0 heteroatoms. The van der Waals surface area contributed by atoms with E-state index >= 15 is 0 Å². The monoisotopic (exact) mass is 170 g/mol. The highest BCUT2D eigenvalue weighted by Crippen LogP contribution is 2.52. The maximum Gasteiger partial charge on any atom is -0.0300 e. The minimum Gasteiger partial charge on any atom is -0.0654 e. The van der Waals surface area contributed by atoms with Crippen molar-refractivity contribution in [3.63, 3.8) is 0 Å². The molecule has 74 valence electrons. The van der Waals surface area contributed by atoms with Crippen LogP contribution in [0.15, 0.2) is 0 Å². The average Bonchev–Trinajstić information content (AvgIpc) is 2.69. The molecular formula is C12H26. The third-order valence-electron chi connectivity index (χ3n) is 2.49. The molecule has 0 bridgehead atoms.